The van der Waals surface area contributed by atoms with E-state index < -0.39 is 0 Å². The molecule has 0 spiro atoms. The molecule has 1 amide bonds. The maximum Gasteiger partial charge on any atom is 0.331 e. The average Bonchev–Trinajstić information content (AvgIpc) is 2.60. The van der Waals surface area contributed by atoms with E-state index >= 15 is 0 Å². The van der Waals surface area contributed by atoms with Gasteiger partial charge in [0.1, 0.15) is 6.10 Å². The highest BCUT2D eigenvalue weighted by Crippen LogP contribution is 2.29. The minimum Gasteiger partial charge on any atom is -0.459 e. The normalized spacial score (nSPS) is 21.1. The Bertz CT molecular complexity index is 562. The monoisotopic (exact) mass is 315 g/mol. The molecule has 4 nitrogen and oxygen atoms in total. The van der Waals surface area contributed by atoms with Crippen molar-refractivity contribution in [2.75, 3.05) is 7.05 Å². The summed E-state index contributed by atoms with van der Waals surface area (Å²) in [6.45, 7) is 2.15. The third kappa shape index (κ3) is 4.95. The number of amides is 1. The number of carbonyl (C=O) groups is 2. The van der Waals surface area contributed by atoms with E-state index in [1.807, 2.05) is 12.1 Å². The van der Waals surface area contributed by atoms with Crippen molar-refractivity contribution in [2.45, 2.75) is 45.1 Å². The molecule has 1 fully saturated rings. The maximum atomic E-state index is 12.0. The van der Waals surface area contributed by atoms with E-state index in [1.54, 1.807) is 25.3 Å². The molecule has 0 radical (unpaired) electrons. The first-order valence-corrected chi connectivity index (χ1v) is 8.35. The zero-order valence-corrected chi connectivity index (χ0v) is 13.9. The highest BCUT2D eigenvalue weighted by molar-refractivity contribution is 5.94. The van der Waals surface area contributed by atoms with Crippen LogP contribution in [0, 0.1) is 5.92 Å². The summed E-state index contributed by atoms with van der Waals surface area (Å²) < 4.78 is 5.61. The molecule has 1 N–H and O–H groups in total. The Balaban J connectivity index is 1.91. The second kappa shape index (κ2) is 8.51. The molecule has 0 saturated heterocycles. The van der Waals surface area contributed by atoms with Crippen LogP contribution in [-0.2, 0) is 9.53 Å². The predicted octanol–water partition coefficient (Wildman–Crippen LogP) is 3.57. The molecule has 124 valence electrons. The number of esters is 1. The number of hydrogen-bond donors (Lipinski definition) is 1. The van der Waals surface area contributed by atoms with Gasteiger partial charge in [0.15, 0.2) is 0 Å². The molecule has 4 heteroatoms. The summed E-state index contributed by atoms with van der Waals surface area (Å²) in [7, 11) is 1.60. The van der Waals surface area contributed by atoms with Crippen LogP contribution in [0.25, 0.3) is 6.08 Å². The highest BCUT2D eigenvalue weighted by Gasteiger charge is 2.26. The Kier molecular flexibility index (Phi) is 6.39. The van der Waals surface area contributed by atoms with Crippen molar-refractivity contribution in [1.82, 2.24) is 5.32 Å². The van der Waals surface area contributed by atoms with Gasteiger partial charge in [-0.1, -0.05) is 25.5 Å². The Morgan fingerprint density at radius 2 is 1.91 bits per heavy atom. The minimum absolute atomic E-state index is 0.0570. The molecule has 2 rings (SSSR count). The molecule has 0 heterocycles. The first-order valence-electron chi connectivity index (χ1n) is 8.35. The van der Waals surface area contributed by atoms with Gasteiger partial charge in [0.25, 0.3) is 5.91 Å². The summed E-state index contributed by atoms with van der Waals surface area (Å²) in [4.78, 5) is 23.5. The second-order valence-electron chi connectivity index (χ2n) is 5.96. The fourth-order valence-corrected chi connectivity index (χ4v) is 3.04. The molecule has 1 aromatic carbocycles. The van der Waals surface area contributed by atoms with Crippen LogP contribution < -0.4 is 5.32 Å². The first kappa shape index (κ1) is 17.3. The third-order valence-corrected chi connectivity index (χ3v) is 4.44. The Morgan fingerprint density at radius 3 is 2.57 bits per heavy atom. The molecular weight excluding hydrogens is 290 g/mol. The van der Waals surface area contributed by atoms with Crippen LogP contribution in [0.15, 0.2) is 30.3 Å². The number of hydrogen-bond acceptors (Lipinski definition) is 3. The van der Waals surface area contributed by atoms with Crippen molar-refractivity contribution in [2.24, 2.45) is 5.92 Å². The highest BCUT2D eigenvalue weighted by atomic mass is 16.5. The summed E-state index contributed by atoms with van der Waals surface area (Å²) >= 11 is 0. The van der Waals surface area contributed by atoms with Crippen LogP contribution in [0.3, 0.4) is 0 Å². The summed E-state index contributed by atoms with van der Waals surface area (Å²) in [5, 5.41) is 2.57. The lowest BCUT2D eigenvalue weighted by atomic mass is 9.85. The molecule has 1 aliphatic rings. The standard InChI is InChI=1S/C19H25NO3/c1-3-15-6-4-5-7-17(15)23-18(21)13-10-14-8-11-16(12-9-14)19(22)20-2/h8-13,15,17H,3-7H2,1-2H3,(H,20,22)/b13-10+. The van der Waals surface area contributed by atoms with Gasteiger partial charge in [-0.3, -0.25) is 4.79 Å². The molecule has 0 bridgehead atoms. The van der Waals surface area contributed by atoms with Crippen molar-refractivity contribution in [3.63, 3.8) is 0 Å². The lowest BCUT2D eigenvalue weighted by Gasteiger charge is -2.29. The SMILES string of the molecule is CCC1CCCCC1OC(=O)/C=C/c1ccc(C(=O)NC)cc1. The van der Waals surface area contributed by atoms with Crippen molar-refractivity contribution in [1.29, 1.82) is 0 Å². The van der Waals surface area contributed by atoms with Crippen molar-refractivity contribution < 1.29 is 14.3 Å². The van der Waals surface area contributed by atoms with Crippen LogP contribution in [0.5, 0.6) is 0 Å². The number of nitrogens with one attached hydrogen (secondary N) is 1. The van der Waals surface area contributed by atoms with E-state index in [2.05, 4.69) is 12.2 Å². The van der Waals surface area contributed by atoms with Gasteiger partial charge < -0.3 is 10.1 Å². The Labute approximate surface area is 137 Å². The van der Waals surface area contributed by atoms with E-state index in [1.165, 1.54) is 12.5 Å². The molecular formula is C19H25NO3. The largest absolute Gasteiger partial charge is 0.459 e. The molecule has 0 aromatic heterocycles. The quantitative estimate of drug-likeness (QED) is 0.667. The van der Waals surface area contributed by atoms with Gasteiger partial charge in [0.05, 0.1) is 0 Å². The van der Waals surface area contributed by atoms with E-state index in [-0.39, 0.29) is 18.0 Å². The molecule has 1 aromatic rings. The van der Waals surface area contributed by atoms with Crippen LogP contribution in [0.4, 0.5) is 0 Å². The topological polar surface area (TPSA) is 55.4 Å². The van der Waals surface area contributed by atoms with Gasteiger partial charge in [-0.05, 0) is 55.4 Å². The van der Waals surface area contributed by atoms with Crippen molar-refractivity contribution >= 4 is 18.0 Å². The van der Waals surface area contributed by atoms with Gasteiger partial charge in [0.2, 0.25) is 0 Å². The predicted molar refractivity (Wildman–Crippen MR) is 91.0 cm³/mol. The molecule has 1 saturated carbocycles. The van der Waals surface area contributed by atoms with Crippen LogP contribution in [0.1, 0.15) is 54.9 Å². The lowest BCUT2D eigenvalue weighted by Crippen LogP contribution is -2.29. The van der Waals surface area contributed by atoms with Gasteiger partial charge in [0, 0.05) is 18.7 Å². The molecule has 0 aliphatic heterocycles. The van der Waals surface area contributed by atoms with Gasteiger partial charge in [-0.25, -0.2) is 4.79 Å². The zero-order chi connectivity index (χ0) is 16.7. The summed E-state index contributed by atoms with van der Waals surface area (Å²) in [6.07, 6.45) is 8.80. The van der Waals surface area contributed by atoms with Crippen LogP contribution >= 0.6 is 0 Å². The second-order valence-corrected chi connectivity index (χ2v) is 5.96. The fraction of sp³-hybridized carbons (Fsp3) is 0.474. The average molecular weight is 315 g/mol. The first-order chi connectivity index (χ1) is 11.1. The van der Waals surface area contributed by atoms with Gasteiger partial charge >= 0.3 is 5.97 Å². The zero-order valence-electron chi connectivity index (χ0n) is 13.9. The van der Waals surface area contributed by atoms with Gasteiger partial charge in [-0.15, -0.1) is 0 Å². The number of benzene rings is 1. The van der Waals surface area contributed by atoms with Crippen LogP contribution in [0.2, 0.25) is 0 Å². The Morgan fingerprint density at radius 1 is 1.22 bits per heavy atom. The van der Waals surface area contributed by atoms with E-state index in [0.29, 0.717) is 11.5 Å². The third-order valence-electron chi connectivity index (χ3n) is 4.44. The summed E-state index contributed by atoms with van der Waals surface area (Å²) in [5.41, 5.74) is 1.46. The molecule has 23 heavy (non-hydrogen) atoms. The van der Waals surface area contributed by atoms with E-state index in [4.69, 9.17) is 4.74 Å². The summed E-state index contributed by atoms with van der Waals surface area (Å²) in [6, 6.07) is 7.09. The Hall–Kier alpha value is -2.10. The fourth-order valence-electron chi connectivity index (χ4n) is 3.04. The van der Waals surface area contributed by atoms with Gasteiger partial charge in [-0.2, -0.15) is 0 Å². The number of carbonyl (C=O) groups excluding carboxylic acids is 2. The number of rotatable bonds is 5. The minimum atomic E-state index is -0.286. The van der Waals surface area contributed by atoms with Crippen molar-refractivity contribution in [3.8, 4) is 0 Å². The summed E-state index contributed by atoms with van der Waals surface area (Å²) in [5.74, 6) is 0.0847. The smallest absolute Gasteiger partial charge is 0.331 e. The molecule has 2 unspecified atom stereocenters. The van der Waals surface area contributed by atoms with E-state index in [0.717, 1.165) is 31.2 Å². The molecule has 1 aliphatic carbocycles. The maximum absolute atomic E-state index is 12.0. The van der Waals surface area contributed by atoms with E-state index in [9.17, 15) is 9.59 Å². The van der Waals surface area contributed by atoms with Crippen molar-refractivity contribution in [3.05, 3.63) is 41.5 Å². The number of ether oxygens (including phenoxy) is 1. The molecule has 2 atom stereocenters. The lowest BCUT2D eigenvalue weighted by molar-refractivity contribution is -0.147. The van der Waals surface area contributed by atoms with Crippen LogP contribution in [-0.4, -0.2) is 25.0 Å².